The minimum atomic E-state index is -0.354. The van der Waals surface area contributed by atoms with Crippen LogP contribution in [-0.2, 0) is 14.4 Å². The average molecular weight is 395 g/mol. The normalized spacial score (nSPS) is 16.2. The first-order chi connectivity index (χ1) is 13.8. The molecule has 0 aliphatic carbocycles. The molecule has 3 rings (SSSR count). The Kier molecular flexibility index (Phi) is 6.07. The third-order valence-electron chi connectivity index (χ3n) is 4.66. The van der Waals surface area contributed by atoms with Crippen LogP contribution in [0.2, 0.25) is 0 Å². The highest BCUT2D eigenvalue weighted by molar-refractivity contribution is 6.06. The van der Waals surface area contributed by atoms with Crippen LogP contribution in [0, 0.1) is 5.82 Å². The number of hydrogen-bond donors (Lipinski definition) is 1. The Balaban J connectivity index is 1.72. The summed E-state index contributed by atoms with van der Waals surface area (Å²) < 4.78 is 13.0. The molecule has 0 saturated carbocycles. The van der Waals surface area contributed by atoms with E-state index in [0.717, 1.165) is 0 Å². The zero-order valence-electron chi connectivity index (χ0n) is 16.3. The maximum absolute atomic E-state index is 13.0. The van der Waals surface area contributed by atoms with Gasteiger partial charge in [-0.25, -0.2) is 4.39 Å². The van der Waals surface area contributed by atoms with Crippen molar-refractivity contribution in [3.05, 3.63) is 66.0 Å². The number of carbonyl (C=O) groups excluding carboxylic acids is 3. The van der Waals surface area contributed by atoms with E-state index in [1.807, 2.05) is 0 Å². The van der Waals surface area contributed by atoms with E-state index in [2.05, 4.69) is 5.32 Å². The van der Waals surface area contributed by atoms with Crippen LogP contribution in [-0.4, -0.2) is 42.3 Å². The molecule has 0 saturated heterocycles. The topological polar surface area (TPSA) is 69.7 Å². The number of hydrogen-bond acceptors (Lipinski definition) is 3. The van der Waals surface area contributed by atoms with E-state index in [1.165, 1.54) is 30.2 Å². The molecule has 29 heavy (non-hydrogen) atoms. The highest BCUT2D eigenvalue weighted by atomic mass is 19.1. The van der Waals surface area contributed by atoms with Crippen molar-refractivity contribution >= 4 is 35.2 Å². The molecule has 1 atom stereocenters. The number of para-hydroxylation sites is 2. The first-order valence-corrected chi connectivity index (χ1v) is 9.25. The number of nitrogens with one attached hydrogen (secondary N) is 1. The lowest BCUT2D eigenvalue weighted by molar-refractivity contribution is -0.130. The summed E-state index contributed by atoms with van der Waals surface area (Å²) in [6, 6.07) is 12.5. The fraction of sp³-hybridized carbons (Fsp3) is 0.227. The van der Waals surface area contributed by atoms with Gasteiger partial charge >= 0.3 is 0 Å². The van der Waals surface area contributed by atoms with Crippen molar-refractivity contribution in [1.82, 2.24) is 4.90 Å². The Hall–Kier alpha value is -3.48. The molecule has 0 fully saturated rings. The maximum Gasteiger partial charge on any atom is 0.246 e. The summed E-state index contributed by atoms with van der Waals surface area (Å²) >= 11 is 0. The van der Waals surface area contributed by atoms with Crippen molar-refractivity contribution < 1.29 is 18.8 Å². The maximum atomic E-state index is 13.0. The highest BCUT2D eigenvalue weighted by Gasteiger charge is 2.30. The van der Waals surface area contributed by atoms with Gasteiger partial charge in [0.05, 0.1) is 11.4 Å². The van der Waals surface area contributed by atoms with E-state index in [4.69, 9.17) is 0 Å². The lowest BCUT2D eigenvalue weighted by atomic mass is 10.1. The molecule has 2 aromatic carbocycles. The predicted octanol–water partition coefficient (Wildman–Crippen LogP) is 3.06. The van der Waals surface area contributed by atoms with Gasteiger partial charge in [-0.15, -0.1) is 0 Å². The second-order valence-electron chi connectivity index (χ2n) is 6.96. The van der Waals surface area contributed by atoms with Gasteiger partial charge in [0.25, 0.3) is 0 Å². The van der Waals surface area contributed by atoms with Crippen molar-refractivity contribution in [3.8, 4) is 0 Å². The van der Waals surface area contributed by atoms with Crippen molar-refractivity contribution in [2.75, 3.05) is 23.8 Å². The largest absolute Gasteiger partial charge is 0.333 e. The van der Waals surface area contributed by atoms with Gasteiger partial charge < -0.3 is 15.1 Å². The van der Waals surface area contributed by atoms with Crippen LogP contribution < -0.4 is 10.2 Å². The average Bonchev–Trinajstić information content (AvgIpc) is 2.81. The van der Waals surface area contributed by atoms with E-state index in [9.17, 15) is 18.8 Å². The number of rotatable bonds is 4. The molecular weight excluding hydrogens is 373 g/mol. The first-order valence-electron chi connectivity index (χ1n) is 9.25. The van der Waals surface area contributed by atoms with Gasteiger partial charge in [-0.2, -0.15) is 0 Å². The summed E-state index contributed by atoms with van der Waals surface area (Å²) in [6.07, 6.45) is 3.07. The lowest BCUT2D eigenvalue weighted by Crippen LogP contribution is -2.45. The number of fused-ring (bicyclic) bond motifs is 1. The van der Waals surface area contributed by atoms with Crippen LogP contribution in [0.3, 0.4) is 0 Å². The molecule has 0 spiro atoms. The molecule has 7 heteroatoms. The van der Waals surface area contributed by atoms with Gasteiger partial charge in [-0.3, -0.25) is 14.4 Å². The zero-order chi connectivity index (χ0) is 21.0. The van der Waals surface area contributed by atoms with Crippen LogP contribution in [0.1, 0.15) is 18.9 Å². The molecule has 1 aliphatic rings. The smallest absolute Gasteiger partial charge is 0.246 e. The summed E-state index contributed by atoms with van der Waals surface area (Å²) in [5.74, 6) is -1.15. The van der Waals surface area contributed by atoms with Crippen molar-refractivity contribution in [2.45, 2.75) is 19.4 Å². The Labute approximate surface area is 168 Å². The standard InChI is InChI=1S/C22H22FN3O3/c1-15-13-20(27)24-18-5-3-4-6-19(18)26(15)22(29)14-25(2)21(28)12-9-16-7-10-17(23)11-8-16/h3-12,15H,13-14H2,1-2H3,(H,24,27)/b12-9+. The Morgan fingerprint density at radius 2 is 1.90 bits per heavy atom. The summed E-state index contributed by atoms with van der Waals surface area (Å²) in [5, 5.41) is 2.80. The first kappa shape index (κ1) is 20.3. The van der Waals surface area contributed by atoms with Crippen LogP contribution in [0.4, 0.5) is 15.8 Å². The lowest BCUT2D eigenvalue weighted by Gasteiger charge is -2.29. The molecule has 0 bridgehead atoms. The SMILES string of the molecule is CC1CC(=O)Nc2ccccc2N1C(=O)CN(C)C(=O)/C=C/c1ccc(F)cc1. The number of likely N-dealkylation sites (N-methyl/N-ethyl adjacent to an activating group) is 1. The van der Waals surface area contributed by atoms with Crippen LogP contribution >= 0.6 is 0 Å². The number of benzene rings is 2. The molecule has 0 radical (unpaired) electrons. The number of halogens is 1. The zero-order valence-corrected chi connectivity index (χ0v) is 16.3. The molecule has 150 valence electrons. The Bertz CT molecular complexity index is 956. The fourth-order valence-electron chi connectivity index (χ4n) is 3.19. The minimum Gasteiger partial charge on any atom is -0.333 e. The number of nitrogens with zero attached hydrogens (tertiary/aromatic N) is 2. The van der Waals surface area contributed by atoms with Gasteiger partial charge in [0, 0.05) is 25.6 Å². The van der Waals surface area contributed by atoms with Crippen molar-refractivity contribution in [1.29, 1.82) is 0 Å². The third-order valence-corrected chi connectivity index (χ3v) is 4.66. The molecule has 1 heterocycles. The van der Waals surface area contributed by atoms with Crippen LogP contribution in [0.15, 0.2) is 54.6 Å². The summed E-state index contributed by atoms with van der Waals surface area (Å²) in [5.41, 5.74) is 1.86. The summed E-state index contributed by atoms with van der Waals surface area (Å²) in [6.45, 7) is 1.66. The van der Waals surface area contributed by atoms with Gasteiger partial charge in [0.15, 0.2) is 0 Å². The summed E-state index contributed by atoms with van der Waals surface area (Å²) in [4.78, 5) is 40.3. The molecule has 1 unspecified atom stereocenters. The van der Waals surface area contributed by atoms with Crippen molar-refractivity contribution in [2.24, 2.45) is 0 Å². The number of amides is 3. The number of anilines is 2. The molecular formula is C22H22FN3O3. The second-order valence-corrected chi connectivity index (χ2v) is 6.96. The predicted molar refractivity (Wildman–Crippen MR) is 110 cm³/mol. The summed E-state index contributed by atoms with van der Waals surface area (Å²) in [7, 11) is 1.53. The van der Waals surface area contributed by atoms with Crippen molar-refractivity contribution in [3.63, 3.8) is 0 Å². The quantitative estimate of drug-likeness (QED) is 0.809. The van der Waals surface area contributed by atoms with Gasteiger partial charge in [0.2, 0.25) is 17.7 Å². The van der Waals surface area contributed by atoms with Gasteiger partial charge in [-0.05, 0) is 42.8 Å². The second kappa shape index (κ2) is 8.68. The third kappa shape index (κ3) is 4.87. The molecule has 1 N–H and O–H groups in total. The van der Waals surface area contributed by atoms with E-state index in [1.54, 1.807) is 54.3 Å². The Morgan fingerprint density at radius 1 is 1.21 bits per heavy atom. The van der Waals surface area contributed by atoms with Crippen LogP contribution in [0.5, 0.6) is 0 Å². The highest BCUT2D eigenvalue weighted by Crippen LogP contribution is 2.31. The van der Waals surface area contributed by atoms with Crippen LogP contribution in [0.25, 0.3) is 6.08 Å². The van der Waals surface area contributed by atoms with E-state index in [0.29, 0.717) is 16.9 Å². The monoisotopic (exact) mass is 395 g/mol. The molecule has 2 aromatic rings. The van der Waals surface area contributed by atoms with E-state index >= 15 is 0 Å². The minimum absolute atomic E-state index is 0.139. The molecule has 0 aromatic heterocycles. The molecule has 6 nitrogen and oxygen atoms in total. The number of carbonyl (C=O) groups is 3. The molecule has 3 amide bonds. The fourth-order valence-corrected chi connectivity index (χ4v) is 3.19. The molecule has 1 aliphatic heterocycles. The van der Waals surface area contributed by atoms with Gasteiger partial charge in [0.1, 0.15) is 12.4 Å². The van der Waals surface area contributed by atoms with E-state index < -0.39 is 0 Å². The van der Waals surface area contributed by atoms with E-state index in [-0.39, 0.29) is 42.5 Å². The van der Waals surface area contributed by atoms with Gasteiger partial charge in [-0.1, -0.05) is 24.3 Å². The Morgan fingerprint density at radius 3 is 2.62 bits per heavy atom.